The lowest BCUT2D eigenvalue weighted by Gasteiger charge is -2.05. The fraction of sp³-hybridized carbons (Fsp3) is 0.500. The van der Waals surface area contributed by atoms with Crippen molar-refractivity contribution in [3.05, 3.63) is 16.8 Å². The Balaban J connectivity index is 2.05. The number of fused-ring (bicyclic) bond motifs is 1. The van der Waals surface area contributed by atoms with Gasteiger partial charge in [-0.05, 0) is 18.0 Å². The Bertz CT molecular complexity index is 615. The number of carbonyl (C=O) groups excluding carboxylic acids is 1. The number of nitrogens with zero attached hydrogens (tertiary/aromatic N) is 4. The first-order valence-corrected chi connectivity index (χ1v) is 7.14. The van der Waals surface area contributed by atoms with Crippen LogP contribution >= 0.6 is 23.2 Å². The molecule has 0 amide bonds. The van der Waals surface area contributed by atoms with Crippen molar-refractivity contribution in [1.29, 1.82) is 0 Å². The lowest BCUT2D eigenvalue weighted by Crippen LogP contribution is -2.18. The summed E-state index contributed by atoms with van der Waals surface area (Å²) in [5.41, 5.74) is 0.617. The van der Waals surface area contributed by atoms with E-state index < -0.39 is 0 Å². The van der Waals surface area contributed by atoms with Gasteiger partial charge in [0.15, 0.2) is 16.3 Å². The summed E-state index contributed by atoms with van der Waals surface area (Å²) < 4.78 is 1.18. The molecule has 0 saturated heterocycles. The van der Waals surface area contributed by atoms with E-state index in [0.717, 1.165) is 25.7 Å². The molecule has 0 fully saturated rings. The second-order valence-electron chi connectivity index (χ2n) is 4.30. The van der Waals surface area contributed by atoms with Crippen LogP contribution in [-0.4, -0.2) is 25.7 Å². The molecule has 6 nitrogen and oxygen atoms in total. The van der Waals surface area contributed by atoms with Gasteiger partial charge < -0.3 is 4.84 Å². The van der Waals surface area contributed by atoms with Crippen LogP contribution in [0.4, 0.5) is 0 Å². The van der Waals surface area contributed by atoms with Crippen molar-refractivity contribution >= 4 is 40.3 Å². The summed E-state index contributed by atoms with van der Waals surface area (Å²) in [5, 5.41) is 0.0925. The molecule has 0 saturated carbocycles. The normalized spacial score (nSPS) is 10.9. The molecular weight excluding hydrogens is 303 g/mol. The van der Waals surface area contributed by atoms with E-state index in [-0.39, 0.29) is 22.1 Å². The minimum Gasteiger partial charge on any atom is -0.335 e. The Morgan fingerprint density at radius 2 is 2.10 bits per heavy atom. The predicted octanol–water partition coefficient (Wildman–Crippen LogP) is 3.06. The summed E-state index contributed by atoms with van der Waals surface area (Å²) in [6, 6.07) is 0. The molecule has 2 aromatic rings. The Morgan fingerprint density at radius 3 is 2.85 bits per heavy atom. The highest BCUT2D eigenvalue weighted by atomic mass is 35.5. The summed E-state index contributed by atoms with van der Waals surface area (Å²) >= 11 is 11.6. The van der Waals surface area contributed by atoms with Gasteiger partial charge in [-0.1, -0.05) is 37.8 Å². The van der Waals surface area contributed by atoms with Crippen LogP contribution in [0.15, 0.2) is 6.33 Å². The first-order valence-electron chi connectivity index (χ1n) is 6.39. The van der Waals surface area contributed by atoms with Gasteiger partial charge >= 0.3 is 5.97 Å². The van der Waals surface area contributed by atoms with Crippen LogP contribution in [0.2, 0.25) is 10.4 Å². The maximum atomic E-state index is 11.7. The van der Waals surface area contributed by atoms with Gasteiger partial charge in [-0.2, -0.15) is 9.71 Å². The number of rotatable bonds is 6. The Hall–Kier alpha value is -1.40. The summed E-state index contributed by atoms with van der Waals surface area (Å²) in [6.07, 6.45) is 5.72. The third kappa shape index (κ3) is 3.58. The largest absolute Gasteiger partial charge is 0.335 e. The first kappa shape index (κ1) is 15.0. The van der Waals surface area contributed by atoms with Crippen LogP contribution < -0.4 is 4.84 Å². The smallest absolute Gasteiger partial charge is 0.332 e. The van der Waals surface area contributed by atoms with Gasteiger partial charge in [0.1, 0.15) is 6.33 Å². The van der Waals surface area contributed by atoms with Crippen LogP contribution in [0.3, 0.4) is 0 Å². The second kappa shape index (κ2) is 6.85. The Kier molecular flexibility index (Phi) is 5.14. The molecule has 20 heavy (non-hydrogen) atoms. The molecular formula is C12H14Cl2N4O2. The van der Waals surface area contributed by atoms with Gasteiger partial charge in [0.25, 0.3) is 0 Å². The maximum Gasteiger partial charge on any atom is 0.332 e. The van der Waals surface area contributed by atoms with Crippen molar-refractivity contribution in [3.8, 4) is 0 Å². The van der Waals surface area contributed by atoms with Crippen molar-refractivity contribution in [1.82, 2.24) is 19.7 Å². The molecule has 0 radical (unpaired) electrons. The average molecular weight is 317 g/mol. The highest BCUT2D eigenvalue weighted by molar-refractivity contribution is 6.35. The summed E-state index contributed by atoms with van der Waals surface area (Å²) in [4.78, 5) is 28.6. The van der Waals surface area contributed by atoms with E-state index in [0.29, 0.717) is 11.9 Å². The van der Waals surface area contributed by atoms with Crippen LogP contribution in [0, 0.1) is 0 Å². The van der Waals surface area contributed by atoms with Crippen LogP contribution in [0.25, 0.3) is 11.2 Å². The van der Waals surface area contributed by atoms with Gasteiger partial charge in [-0.3, -0.25) is 0 Å². The summed E-state index contributed by atoms with van der Waals surface area (Å²) in [6.45, 7) is 2.11. The first-order chi connectivity index (χ1) is 9.61. The van der Waals surface area contributed by atoms with Crippen molar-refractivity contribution in [2.45, 2.75) is 39.0 Å². The summed E-state index contributed by atoms with van der Waals surface area (Å²) in [5.74, 6) is -0.341. The van der Waals surface area contributed by atoms with Gasteiger partial charge in [0.05, 0.1) is 0 Å². The van der Waals surface area contributed by atoms with Gasteiger partial charge in [0.2, 0.25) is 5.28 Å². The number of halogens is 2. The number of unbranched alkanes of at least 4 members (excludes halogenated alkanes) is 3. The molecule has 2 aromatic heterocycles. The highest BCUT2D eigenvalue weighted by Gasteiger charge is 2.14. The van der Waals surface area contributed by atoms with Crippen molar-refractivity contribution in [2.24, 2.45) is 0 Å². The number of hydrogen-bond acceptors (Lipinski definition) is 5. The quantitative estimate of drug-likeness (QED) is 0.465. The molecule has 0 aliphatic heterocycles. The lowest BCUT2D eigenvalue weighted by molar-refractivity contribution is -0.143. The van der Waals surface area contributed by atoms with E-state index in [4.69, 9.17) is 28.0 Å². The van der Waals surface area contributed by atoms with Gasteiger partial charge in [0, 0.05) is 6.42 Å². The minimum atomic E-state index is -0.341. The lowest BCUT2D eigenvalue weighted by atomic mass is 10.2. The topological polar surface area (TPSA) is 69.9 Å². The molecule has 0 aliphatic carbocycles. The van der Waals surface area contributed by atoms with E-state index in [2.05, 4.69) is 21.9 Å². The molecule has 108 valence electrons. The summed E-state index contributed by atoms with van der Waals surface area (Å²) in [7, 11) is 0. The Morgan fingerprint density at radius 1 is 1.30 bits per heavy atom. The van der Waals surface area contributed by atoms with E-state index in [9.17, 15) is 4.79 Å². The zero-order chi connectivity index (χ0) is 14.5. The Labute approximate surface area is 126 Å². The molecule has 8 heteroatoms. The molecule has 0 spiro atoms. The molecule has 0 atom stereocenters. The van der Waals surface area contributed by atoms with Gasteiger partial charge in [-0.25, -0.2) is 14.8 Å². The zero-order valence-corrected chi connectivity index (χ0v) is 12.5. The van der Waals surface area contributed by atoms with Crippen LogP contribution in [0.1, 0.15) is 39.0 Å². The zero-order valence-electron chi connectivity index (χ0n) is 11.0. The standard InChI is InChI=1S/C12H14Cl2N4O2/c1-2-3-4-5-6-8(19)20-18-7-15-11-9(18)10(13)16-12(14)17-11/h7H,2-6H2,1H3. The molecule has 2 rings (SSSR count). The average Bonchev–Trinajstić information content (AvgIpc) is 2.77. The third-order valence-electron chi connectivity index (χ3n) is 2.74. The van der Waals surface area contributed by atoms with Gasteiger partial charge in [-0.15, -0.1) is 0 Å². The van der Waals surface area contributed by atoms with E-state index in [1.54, 1.807) is 0 Å². The molecule has 0 aromatic carbocycles. The molecule has 0 bridgehead atoms. The van der Waals surface area contributed by atoms with Crippen molar-refractivity contribution in [2.75, 3.05) is 0 Å². The SMILES string of the molecule is CCCCCCC(=O)On1cnc2nc(Cl)nc(Cl)c21. The van der Waals surface area contributed by atoms with Crippen LogP contribution in [-0.2, 0) is 4.79 Å². The fourth-order valence-corrected chi connectivity index (χ4v) is 2.21. The molecule has 0 unspecified atom stereocenters. The van der Waals surface area contributed by atoms with E-state index >= 15 is 0 Å². The molecule has 2 heterocycles. The highest BCUT2D eigenvalue weighted by Crippen LogP contribution is 2.20. The van der Waals surface area contributed by atoms with Crippen LogP contribution in [0.5, 0.6) is 0 Å². The monoisotopic (exact) mass is 316 g/mol. The number of carbonyl (C=O) groups is 1. The van der Waals surface area contributed by atoms with Crippen molar-refractivity contribution < 1.29 is 9.63 Å². The molecule has 0 aliphatic rings. The number of hydrogen-bond donors (Lipinski definition) is 0. The maximum absolute atomic E-state index is 11.7. The van der Waals surface area contributed by atoms with Crippen molar-refractivity contribution in [3.63, 3.8) is 0 Å². The number of imidazole rings is 1. The number of aromatic nitrogens is 4. The second-order valence-corrected chi connectivity index (χ2v) is 5.00. The van der Waals surface area contributed by atoms with E-state index in [1.807, 2.05) is 0 Å². The molecule has 0 N–H and O–H groups in total. The fourth-order valence-electron chi connectivity index (χ4n) is 1.76. The minimum absolute atomic E-state index is 0.00126. The third-order valence-corrected chi connectivity index (χ3v) is 3.17. The van der Waals surface area contributed by atoms with E-state index in [1.165, 1.54) is 11.1 Å². The predicted molar refractivity (Wildman–Crippen MR) is 75.7 cm³/mol.